The quantitative estimate of drug-likeness (QED) is 0.809. The van der Waals surface area contributed by atoms with Gasteiger partial charge in [-0.1, -0.05) is 0 Å². The summed E-state index contributed by atoms with van der Waals surface area (Å²) >= 11 is 3.27. The molecule has 1 aliphatic rings. The van der Waals surface area contributed by atoms with E-state index in [0.29, 0.717) is 10.0 Å². The number of nitrogens with zero attached hydrogens (tertiary/aromatic N) is 1. The molecule has 1 atom stereocenters. The lowest BCUT2D eigenvalue weighted by Gasteiger charge is -2.28. The van der Waals surface area contributed by atoms with E-state index >= 15 is 0 Å². The largest absolute Gasteiger partial charge is 0.467 e. The summed E-state index contributed by atoms with van der Waals surface area (Å²) in [6, 6.07) is 7.91. The van der Waals surface area contributed by atoms with Crippen molar-refractivity contribution < 1.29 is 13.6 Å². The van der Waals surface area contributed by atoms with Crippen LogP contribution in [0.25, 0.3) is 0 Å². The molecule has 2 aromatic rings. The summed E-state index contributed by atoms with van der Waals surface area (Å²) in [6.45, 7) is 1.95. The molecule has 0 aliphatic heterocycles. The summed E-state index contributed by atoms with van der Waals surface area (Å²) in [5, 5.41) is 0. The highest BCUT2D eigenvalue weighted by atomic mass is 79.9. The van der Waals surface area contributed by atoms with Gasteiger partial charge in [-0.2, -0.15) is 0 Å². The number of carbonyl (C=O) groups is 1. The Morgan fingerprint density at radius 1 is 1.43 bits per heavy atom. The van der Waals surface area contributed by atoms with E-state index in [0.717, 1.165) is 18.6 Å². The van der Waals surface area contributed by atoms with Crippen molar-refractivity contribution in [3.8, 4) is 0 Å². The summed E-state index contributed by atoms with van der Waals surface area (Å²) in [5.74, 6) is 0.289. The summed E-state index contributed by atoms with van der Waals surface area (Å²) in [5.41, 5.74) is 0.474. The smallest absolute Gasteiger partial charge is 0.255 e. The van der Waals surface area contributed by atoms with Gasteiger partial charge in [0.15, 0.2) is 0 Å². The van der Waals surface area contributed by atoms with Crippen molar-refractivity contribution in [2.45, 2.75) is 31.8 Å². The summed E-state index contributed by atoms with van der Waals surface area (Å²) in [4.78, 5) is 14.7. The fourth-order valence-electron chi connectivity index (χ4n) is 2.48. The van der Waals surface area contributed by atoms with Crippen molar-refractivity contribution in [1.29, 1.82) is 0 Å². The Labute approximate surface area is 130 Å². The van der Waals surface area contributed by atoms with Gasteiger partial charge in [-0.15, -0.1) is 0 Å². The molecule has 110 valence electrons. The van der Waals surface area contributed by atoms with Crippen LogP contribution in [0.15, 0.2) is 45.5 Å². The Kier molecular flexibility index (Phi) is 3.85. The highest BCUT2D eigenvalue weighted by Gasteiger charge is 2.38. The number of rotatable bonds is 4. The summed E-state index contributed by atoms with van der Waals surface area (Å²) in [6.07, 6.45) is 3.60. The highest BCUT2D eigenvalue weighted by Crippen LogP contribution is 2.36. The molecular formula is C16H15BrFNO2. The lowest BCUT2D eigenvalue weighted by Crippen LogP contribution is -2.35. The first-order valence-corrected chi connectivity index (χ1v) is 7.68. The number of carbonyl (C=O) groups excluding carboxylic acids is 1. The minimum Gasteiger partial charge on any atom is -0.467 e. The fourth-order valence-corrected chi connectivity index (χ4v) is 3.00. The normalized spacial score (nSPS) is 15.8. The number of hydrogen-bond donors (Lipinski definition) is 0. The van der Waals surface area contributed by atoms with Crippen molar-refractivity contribution in [2.75, 3.05) is 0 Å². The molecule has 21 heavy (non-hydrogen) atoms. The van der Waals surface area contributed by atoms with Crippen LogP contribution in [0.3, 0.4) is 0 Å². The molecule has 5 heteroatoms. The SMILES string of the molecule is CC(c1ccco1)N(C(=O)c1ccc(F)cc1Br)C1CC1. The number of furan rings is 1. The van der Waals surface area contributed by atoms with Crippen LogP contribution in [-0.2, 0) is 0 Å². The van der Waals surface area contributed by atoms with Gasteiger partial charge >= 0.3 is 0 Å². The van der Waals surface area contributed by atoms with E-state index in [1.165, 1.54) is 18.2 Å². The molecule has 1 amide bonds. The third-order valence-electron chi connectivity index (χ3n) is 3.71. The maximum absolute atomic E-state index is 13.2. The second-order valence-corrected chi connectivity index (χ2v) is 6.11. The predicted octanol–water partition coefficient (Wildman–Crippen LogP) is 4.55. The first kappa shape index (κ1) is 14.3. The van der Waals surface area contributed by atoms with Crippen molar-refractivity contribution in [3.63, 3.8) is 0 Å². The van der Waals surface area contributed by atoms with Crippen LogP contribution < -0.4 is 0 Å². The Hall–Kier alpha value is -1.62. The average Bonchev–Trinajstić information content (AvgIpc) is 3.11. The minimum atomic E-state index is -0.365. The van der Waals surface area contributed by atoms with Gasteiger partial charge in [0.05, 0.1) is 17.9 Å². The van der Waals surface area contributed by atoms with Gasteiger partial charge in [0.25, 0.3) is 5.91 Å². The minimum absolute atomic E-state index is 0.103. The number of benzene rings is 1. The van der Waals surface area contributed by atoms with E-state index in [-0.39, 0.29) is 23.8 Å². The zero-order chi connectivity index (χ0) is 15.0. The molecule has 0 radical (unpaired) electrons. The fraction of sp³-hybridized carbons (Fsp3) is 0.312. The van der Waals surface area contributed by atoms with E-state index in [1.54, 1.807) is 6.26 Å². The Balaban J connectivity index is 1.92. The topological polar surface area (TPSA) is 33.5 Å². The molecule has 1 aromatic carbocycles. The van der Waals surface area contributed by atoms with Gasteiger partial charge in [-0.25, -0.2) is 4.39 Å². The number of halogens is 2. The maximum Gasteiger partial charge on any atom is 0.255 e. The molecule has 0 bridgehead atoms. The average molecular weight is 352 g/mol. The van der Waals surface area contributed by atoms with Crippen LogP contribution in [0, 0.1) is 5.82 Å². The molecule has 3 nitrogen and oxygen atoms in total. The zero-order valence-corrected chi connectivity index (χ0v) is 13.1. The van der Waals surface area contributed by atoms with Gasteiger partial charge in [0.1, 0.15) is 11.6 Å². The van der Waals surface area contributed by atoms with Gasteiger partial charge < -0.3 is 9.32 Å². The second-order valence-electron chi connectivity index (χ2n) is 5.26. The first-order valence-electron chi connectivity index (χ1n) is 6.89. The number of hydrogen-bond acceptors (Lipinski definition) is 2. The molecule has 1 unspecified atom stereocenters. The van der Waals surface area contributed by atoms with E-state index in [4.69, 9.17) is 4.42 Å². The number of amides is 1. The summed E-state index contributed by atoms with van der Waals surface area (Å²) < 4.78 is 19.1. The van der Waals surface area contributed by atoms with Gasteiger partial charge in [-0.3, -0.25) is 4.79 Å². The van der Waals surface area contributed by atoms with Crippen LogP contribution >= 0.6 is 15.9 Å². The molecule has 0 N–H and O–H groups in total. The molecule has 0 spiro atoms. The summed E-state index contributed by atoms with van der Waals surface area (Å²) in [7, 11) is 0. The zero-order valence-electron chi connectivity index (χ0n) is 11.6. The van der Waals surface area contributed by atoms with E-state index in [1.807, 2.05) is 24.0 Å². The molecule has 3 rings (SSSR count). The Bertz CT molecular complexity index is 652. The van der Waals surface area contributed by atoms with Crippen molar-refractivity contribution in [3.05, 3.63) is 58.2 Å². The third kappa shape index (κ3) is 2.88. The van der Waals surface area contributed by atoms with Crippen molar-refractivity contribution >= 4 is 21.8 Å². The molecule has 0 saturated heterocycles. The van der Waals surface area contributed by atoms with Crippen molar-refractivity contribution in [1.82, 2.24) is 4.90 Å². The highest BCUT2D eigenvalue weighted by molar-refractivity contribution is 9.10. The van der Waals surface area contributed by atoms with Crippen molar-refractivity contribution in [2.24, 2.45) is 0 Å². The van der Waals surface area contributed by atoms with Crippen LogP contribution in [-0.4, -0.2) is 16.8 Å². The van der Waals surface area contributed by atoms with Gasteiger partial charge in [0, 0.05) is 10.5 Å². The third-order valence-corrected chi connectivity index (χ3v) is 4.36. The molecule has 1 aromatic heterocycles. The molecule has 1 fully saturated rings. The first-order chi connectivity index (χ1) is 10.1. The standard InChI is InChI=1S/C16H15BrFNO2/c1-10(15-3-2-8-21-15)19(12-5-6-12)16(20)13-7-4-11(18)9-14(13)17/h2-4,7-10,12H,5-6H2,1H3. The van der Waals surface area contributed by atoms with Crippen LogP contribution in [0.4, 0.5) is 4.39 Å². The Morgan fingerprint density at radius 3 is 2.76 bits per heavy atom. The van der Waals surface area contributed by atoms with E-state index in [2.05, 4.69) is 15.9 Å². The van der Waals surface area contributed by atoms with E-state index in [9.17, 15) is 9.18 Å². The Morgan fingerprint density at radius 2 is 2.19 bits per heavy atom. The van der Waals surface area contributed by atoms with Gasteiger partial charge in [0.2, 0.25) is 0 Å². The molecule has 1 heterocycles. The predicted molar refractivity (Wildman–Crippen MR) is 80.4 cm³/mol. The molecule has 1 saturated carbocycles. The second kappa shape index (κ2) is 5.64. The maximum atomic E-state index is 13.2. The lowest BCUT2D eigenvalue weighted by atomic mass is 10.1. The molecular weight excluding hydrogens is 337 g/mol. The van der Waals surface area contributed by atoms with Crippen LogP contribution in [0.2, 0.25) is 0 Å². The lowest BCUT2D eigenvalue weighted by molar-refractivity contribution is 0.0651. The van der Waals surface area contributed by atoms with Crippen LogP contribution in [0.5, 0.6) is 0 Å². The molecule has 1 aliphatic carbocycles. The van der Waals surface area contributed by atoms with Gasteiger partial charge in [-0.05, 0) is 66.0 Å². The van der Waals surface area contributed by atoms with E-state index < -0.39 is 0 Å². The monoisotopic (exact) mass is 351 g/mol. The van der Waals surface area contributed by atoms with Crippen LogP contribution in [0.1, 0.15) is 41.9 Å².